The largest absolute Gasteiger partial charge is 0.486 e. The minimum atomic E-state index is -3.84. The highest BCUT2D eigenvalue weighted by Gasteiger charge is 2.32. The van der Waals surface area contributed by atoms with Crippen molar-refractivity contribution < 1.29 is 27.5 Å². The van der Waals surface area contributed by atoms with Crippen molar-refractivity contribution in [2.75, 3.05) is 29.8 Å². The van der Waals surface area contributed by atoms with Crippen molar-refractivity contribution in [1.82, 2.24) is 10.2 Å². The number of nitrogens with one attached hydrogen (secondary N) is 1. The molecule has 1 N–H and O–H groups in total. The second-order valence-electron chi connectivity index (χ2n) is 9.80. The van der Waals surface area contributed by atoms with E-state index in [2.05, 4.69) is 21.2 Å². The number of carbonyl (C=O) groups excluding carboxylic acids is 2. The van der Waals surface area contributed by atoms with Gasteiger partial charge in [0.25, 0.3) is 0 Å². The fourth-order valence-corrected chi connectivity index (χ4v) is 5.30. The van der Waals surface area contributed by atoms with Gasteiger partial charge >= 0.3 is 0 Å². The van der Waals surface area contributed by atoms with E-state index in [-0.39, 0.29) is 23.9 Å². The summed E-state index contributed by atoms with van der Waals surface area (Å²) in [5, 5.41) is 2.91. The molecule has 0 aliphatic carbocycles. The molecule has 0 unspecified atom stereocenters. The molecule has 1 heterocycles. The number of nitrogens with zero attached hydrogens (tertiary/aromatic N) is 2. The van der Waals surface area contributed by atoms with Gasteiger partial charge in [0.05, 0.1) is 11.4 Å². The first-order chi connectivity index (χ1) is 17.3. The number of fused-ring (bicyclic) bond motifs is 1. The van der Waals surface area contributed by atoms with Crippen LogP contribution in [-0.4, -0.2) is 62.2 Å². The summed E-state index contributed by atoms with van der Waals surface area (Å²) in [5.41, 5.74) is 0.578. The van der Waals surface area contributed by atoms with Crippen LogP contribution in [0, 0.1) is 0 Å². The second-order valence-corrected chi connectivity index (χ2v) is 12.9. The van der Waals surface area contributed by atoms with E-state index in [0.29, 0.717) is 24.7 Å². The molecule has 37 heavy (non-hydrogen) atoms. The van der Waals surface area contributed by atoms with E-state index < -0.39 is 34.1 Å². The monoisotopic (exact) mass is 595 g/mol. The van der Waals surface area contributed by atoms with Crippen LogP contribution in [0.5, 0.6) is 11.5 Å². The molecule has 1 aliphatic rings. The number of hydrogen-bond donors (Lipinski definition) is 1. The quantitative estimate of drug-likeness (QED) is 0.474. The summed E-state index contributed by atoms with van der Waals surface area (Å²) >= 11 is 3.44. The average Bonchev–Trinajstić information content (AvgIpc) is 2.84. The summed E-state index contributed by atoms with van der Waals surface area (Å²) in [7, 11) is -3.84. The van der Waals surface area contributed by atoms with Crippen LogP contribution in [0.25, 0.3) is 0 Å². The van der Waals surface area contributed by atoms with Crippen LogP contribution in [0.15, 0.2) is 46.9 Å². The Morgan fingerprint density at radius 1 is 1.08 bits per heavy atom. The van der Waals surface area contributed by atoms with Crippen LogP contribution in [0.1, 0.15) is 40.2 Å². The van der Waals surface area contributed by atoms with Gasteiger partial charge in [-0.05, 0) is 64.4 Å². The van der Waals surface area contributed by atoms with Crippen LogP contribution < -0.4 is 19.1 Å². The van der Waals surface area contributed by atoms with Crippen LogP contribution in [0.3, 0.4) is 0 Å². The molecule has 1 aliphatic heterocycles. The zero-order valence-electron chi connectivity index (χ0n) is 21.8. The summed E-state index contributed by atoms with van der Waals surface area (Å²) in [4.78, 5) is 28.2. The van der Waals surface area contributed by atoms with Crippen LogP contribution in [0.2, 0.25) is 0 Å². The van der Waals surface area contributed by atoms with E-state index in [0.717, 1.165) is 14.3 Å². The predicted molar refractivity (Wildman–Crippen MR) is 146 cm³/mol. The van der Waals surface area contributed by atoms with Crippen LogP contribution in [-0.2, 0) is 26.2 Å². The van der Waals surface area contributed by atoms with Crippen molar-refractivity contribution in [1.29, 1.82) is 0 Å². The number of carbonyl (C=O) groups is 2. The molecule has 202 valence electrons. The standard InChI is InChI=1S/C26H34BrN3O6S/c1-6-37(33,34)30(21-10-11-22-23(15-21)36-13-12-35-22)17-24(31)29(16-19-8-7-9-20(27)14-19)18(2)25(32)28-26(3,4)5/h7-11,14-15,18H,6,12-13,16-17H2,1-5H3,(H,28,32)/t18-/m1/s1. The molecule has 0 spiro atoms. The van der Waals surface area contributed by atoms with Gasteiger partial charge in [-0.25, -0.2) is 8.42 Å². The maximum Gasteiger partial charge on any atom is 0.244 e. The minimum Gasteiger partial charge on any atom is -0.486 e. The van der Waals surface area contributed by atoms with Crippen molar-refractivity contribution in [2.24, 2.45) is 0 Å². The summed E-state index contributed by atoms with van der Waals surface area (Å²) in [6.45, 7) is 9.12. The van der Waals surface area contributed by atoms with Gasteiger partial charge in [0, 0.05) is 22.6 Å². The van der Waals surface area contributed by atoms with Gasteiger partial charge < -0.3 is 19.7 Å². The van der Waals surface area contributed by atoms with Gasteiger partial charge in [0.2, 0.25) is 21.8 Å². The predicted octanol–water partition coefficient (Wildman–Crippen LogP) is 3.71. The van der Waals surface area contributed by atoms with Crippen molar-refractivity contribution in [3.63, 3.8) is 0 Å². The first kappa shape index (κ1) is 28.8. The normalized spacial score (nSPS) is 14.0. The summed E-state index contributed by atoms with van der Waals surface area (Å²) in [5.74, 6) is -0.126. The van der Waals surface area contributed by atoms with Gasteiger partial charge in [0.1, 0.15) is 25.8 Å². The Morgan fingerprint density at radius 3 is 2.38 bits per heavy atom. The first-order valence-electron chi connectivity index (χ1n) is 12.1. The number of sulfonamides is 1. The Balaban J connectivity index is 1.96. The SMILES string of the molecule is CCS(=O)(=O)N(CC(=O)N(Cc1cccc(Br)c1)[C@H](C)C(=O)NC(C)(C)C)c1ccc2c(c1)OCCO2. The van der Waals surface area contributed by atoms with E-state index in [9.17, 15) is 18.0 Å². The summed E-state index contributed by atoms with van der Waals surface area (Å²) in [6, 6.07) is 11.3. The zero-order valence-corrected chi connectivity index (χ0v) is 24.2. The molecular formula is C26H34BrN3O6S. The number of rotatable bonds is 9. The maximum absolute atomic E-state index is 13.8. The fourth-order valence-electron chi connectivity index (χ4n) is 3.80. The Morgan fingerprint density at radius 2 is 1.76 bits per heavy atom. The molecule has 11 heteroatoms. The number of hydrogen-bond acceptors (Lipinski definition) is 6. The lowest BCUT2D eigenvalue weighted by Crippen LogP contribution is -2.54. The lowest BCUT2D eigenvalue weighted by molar-refractivity contribution is -0.140. The van der Waals surface area contributed by atoms with E-state index >= 15 is 0 Å². The van der Waals surface area contributed by atoms with E-state index in [1.807, 2.05) is 45.0 Å². The molecule has 2 amide bonds. The van der Waals surface area contributed by atoms with Gasteiger partial charge in [-0.2, -0.15) is 0 Å². The lowest BCUT2D eigenvalue weighted by atomic mass is 10.1. The third kappa shape index (κ3) is 7.61. The molecule has 9 nitrogen and oxygen atoms in total. The number of ether oxygens (including phenoxy) is 2. The Labute approximate surface area is 227 Å². The van der Waals surface area contributed by atoms with E-state index in [1.165, 1.54) is 11.8 Å². The second kappa shape index (κ2) is 11.7. The molecule has 2 aromatic rings. The van der Waals surface area contributed by atoms with E-state index in [1.54, 1.807) is 25.1 Å². The topological polar surface area (TPSA) is 105 Å². The van der Waals surface area contributed by atoms with Crippen molar-refractivity contribution in [2.45, 2.75) is 52.7 Å². The van der Waals surface area contributed by atoms with Gasteiger partial charge in [-0.3, -0.25) is 13.9 Å². The number of benzene rings is 2. The minimum absolute atomic E-state index is 0.123. The zero-order chi connectivity index (χ0) is 27.4. The molecule has 0 radical (unpaired) electrons. The number of amides is 2. The molecular weight excluding hydrogens is 562 g/mol. The fraction of sp³-hybridized carbons (Fsp3) is 0.462. The lowest BCUT2D eigenvalue weighted by Gasteiger charge is -2.33. The van der Waals surface area contributed by atoms with Gasteiger partial charge in [0.15, 0.2) is 11.5 Å². The molecule has 0 fully saturated rings. The maximum atomic E-state index is 13.8. The Kier molecular flexibility index (Phi) is 9.12. The highest BCUT2D eigenvalue weighted by molar-refractivity contribution is 9.10. The third-order valence-corrected chi connectivity index (χ3v) is 7.93. The highest BCUT2D eigenvalue weighted by atomic mass is 79.9. The Hall–Kier alpha value is -2.79. The third-order valence-electron chi connectivity index (χ3n) is 5.70. The summed E-state index contributed by atoms with van der Waals surface area (Å²) in [6.07, 6.45) is 0. The molecule has 0 aromatic heterocycles. The van der Waals surface area contributed by atoms with Crippen molar-refractivity contribution >= 4 is 43.5 Å². The molecule has 3 rings (SSSR count). The Bertz CT molecular complexity index is 1250. The summed E-state index contributed by atoms with van der Waals surface area (Å²) < 4.78 is 39.3. The smallest absolute Gasteiger partial charge is 0.244 e. The molecule has 1 atom stereocenters. The number of anilines is 1. The molecule has 2 aromatic carbocycles. The molecule has 0 saturated carbocycles. The van der Waals surface area contributed by atoms with Gasteiger partial charge in [-0.1, -0.05) is 28.1 Å². The van der Waals surface area contributed by atoms with E-state index in [4.69, 9.17) is 9.47 Å². The highest BCUT2D eigenvalue weighted by Crippen LogP contribution is 2.35. The molecule has 0 bridgehead atoms. The van der Waals surface area contributed by atoms with Crippen LogP contribution >= 0.6 is 15.9 Å². The van der Waals surface area contributed by atoms with Crippen LogP contribution in [0.4, 0.5) is 5.69 Å². The number of halogens is 1. The van der Waals surface area contributed by atoms with Crippen molar-refractivity contribution in [3.05, 3.63) is 52.5 Å². The van der Waals surface area contributed by atoms with Gasteiger partial charge in [-0.15, -0.1) is 0 Å². The average molecular weight is 597 g/mol. The first-order valence-corrected chi connectivity index (χ1v) is 14.5. The molecule has 0 saturated heterocycles. The van der Waals surface area contributed by atoms with Crippen molar-refractivity contribution in [3.8, 4) is 11.5 Å².